The van der Waals surface area contributed by atoms with Gasteiger partial charge in [0.15, 0.2) is 0 Å². The minimum atomic E-state index is 0.741. The highest BCUT2D eigenvalue weighted by Gasteiger charge is 2.37. The Hall–Kier alpha value is -1.60. The Morgan fingerprint density at radius 3 is 2.61 bits per heavy atom. The lowest BCUT2D eigenvalue weighted by Gasteiger charge is -2.22. The minimum absolute atomic E-state index is 0.741. The van der Waals surface area contributed by atoms with Crippen molar-refractivity contribution in [2.75, 3.05) is 31.1 Å². The third kappa shape index (κ3) is 1.75. The van der Waals surface area contributed by atoms with E-state index in [0.29, 0.717) is 0 Å². The summed E-state index contributed by atoms with van der Waals surface area (Å²) >= 11 is 0. The van der Waals surface area contributed by atoms with Gasteiger partial charge in [-0.25, -0.2) is 0 Å². The SMILES string of the molecule is Cc1cc(N2CC3CNCC3C2)c(C#N)c(C)n1. The van der Waals surface area contributed by atoms with Gasteiger partial charge in [-0.05, 0) is 31.7 Å². The van der Waals surface area contributed by atoms with E-state index < -0.39 is 0 Å². The fourth-order valence-electron chi connectivity index (χ4n) is 3.25. The molecule has 18 heavy (non-hydrogen) atoms. The maximum absolute atomic E-state index is 9.32. The third-order valence-electron chi connectivity index (χ3n) is 4.15. The molecule has 4 nitrogen and oxygen atoms in total. The summed E-state index contributed by atoms with van der Waals surface area (Å²) in [6, 6.07) is 4.37. The number of nitriles is 1. The van der Waals surface area contributed by atoms with E-state index >= 15 is 0 Å². The Kier molecular flexibility index (Phi) is 2.71. The first-order valence-corrected chi connectivity index (χ1v) is 6.53. The van der Waals surface area contributed by atoms with E-state index in [9.17, 15) is 5.26 Å². The van der Waals surface area contributed by atoms with Crippen molar-refractivity contribution in [1.82, 2.24) is 10.3 Å². The zero-order valence-corrected chi connectivity index (χ0v) is 10.9. The summed E-state index contributed by atoms with van der Waals surface area (Å²) in [4.78, 5) is 6.76. The van der Waals surface area contributed by atoms with Gasteiger partial charge in [-0.15, -0.1) is 0 Å². The van der Waals surface area contributed by atoms with E-state index in [0.717, 1.165) is 60.7 Å². The Labute approximate surface area is 108 Å². The van der Waals surface area contributed by atoms with E-state index in [4.69, 9.17) is 0 Å². The van der Waals surface area contributed by atoms with Gasteiger partial charge in [0.1, 0.15) is 6.07 Å². The first kappa shape index (κ1) is 11.5. The molecule has 4 heteroatoms. The monoisotopic (exact) mass is 242 g/mol. The topological polar surface area (TPSA) is 52.0 Å². The third-order valence-corrected chi connectivity index (χ3v) is 4.15. The van der Waals surface area contributed by atoms with Crippen LogP contribution < -0.4 is 10.2 Å². The van der Waals surface area contributed by atoms with Gasteiger partial charge in [-0.3, -0.25) is 4.98 Å². The molecule has 3 rings (SSSR count). The smallest absolute Gasteiger partial charge is 0.103 e. The molecule has 0 amide bonds. The van der Waals surface area contributed by atoms with Gasteiger partial charge in [0.2, 0.25) is 0 Å². The standard InChI is InChI=1S/C14H18N4/c1-9-3-14(13(4-15)10(2)17-9)18-7-11-5-16-6-12(11)8-18/h3,11-12,16H,5-8H2,1-2H3. The van der Waals surface area contributed by atoms with E-state index in [1.165, 1.54) is 0 Å². The maximum atomic E-state index is 9.32. The Morgan fingerprint density at radius 1 is 1.33 bits per heavy atom. The largest absolute Gasteiger partial charge is 0.370 e. The molecule has 2 aliphatic heterocycles. The van der Waals surface area contributed by atoms with Crippen molar-refractivity contribution in [2.24, 2.45) is 11.8 Å². The van der Waals surface area contributed by atoms with Crippen molar-refractivity contribution in [1.29, 1.82) is 5.26 Å². The summed E-state index contributed by atoms with van der Waals surface area (Å²) in [5.41, 5.74) is 3.67. The van der Waals surface area contributed by atoms with Crippen molar-refractivity contribution in [3.8, 4) is 6.07 Å². The number of nitrogens with one attached hydrogen (secondary N) is 1. The normalized spacial score (nSPS) is 26.2. The van der Waals surface area contributed by atoms with Crippen molar-refractivity contribution >= 4 is 5.69 Å². The van der Waals surface area contributed by atoms with Crippen LogP contribution in [-0.2, 0) is 0 Å². The van der Waals surface area contributed by atoms with Crippen LogP contribution in [0.4, 0.5) is 5.69 Å². The van der Waals surface area contributed by atoms with Crippen LogP contribution in [-0.4, -0.2) is 31.2 Å². The second kappa shape index (κ2) is 4.25. The number of hydrogen-bond acceptors (Lipinski definition) is 4. The van der Waals surface area contributed by atoms with Gasteiger partial charge in [0, 0.05) is 31.9 Å². The van der Waals surface area contributed by atoms with Crippen LogP contribution in [0.2, 0.25) is 0 Å². The van der Waals surface area contributed by atoms with Gasteiger partial charge < -0.3 is 10.2 Å². The second-order valence-electron chi connectivity index (χ2n) is 5.44. The summed E-state index contributed by atoms with van der Waals surface area (Å²) in [5, 5.41) is 12.8. The van der Waals surface area contributed by atoms with E-state index in [2.05, 4.69) is 27.3 Å². The molecule has 0 aromatic carbocycles. The van der Waals surface area contributed by atoms with Crippen LogP contribution in [0.3, 0.4) is 0 Å². The van der Waals surface area contributed by atoms with Gasteiger partial charge in [0.05, 0.1) is 16.9 Å². The number of aromatic nitrogens is 1. The molecular formula is C14H18N4. The highest BCUT2D eigenvalue weighted by atomic mass is 15.2. The minimum Gasteiger partial charge on any atom is -0.370 e. The number of aryl methyl sites for hydroxylation is 2. The van der Waals surface area contributed by atoms with Gasteiger partial charge in [-0.1, -0.05) is 0 Å². The van der Waals surface area contributed by atoms with Crippen LogP contribution in [0.15, 0.2) is 6.07 Å². The Morgan fingerprint density at radius 2 is 2.00 bits per heavy atom. The zero-order valence-electron chi connectivity index (χ0n) is 10.9. The molecule has 2 fully saturated rings. The number of hydrogen-bond donors (Lipinski definition) is 1. The van der Waals surface area contributed by atoms with Crippen LogP contribution in [0.1, 0.15) is 17.0 Å². The second-order valence-corrected chi connectivity index (χ2v) is 5.44. The molecule has 2 atom stereocenters. The van der Waals surface area contributed by atoms with Crippen molar-refractivity contribution < 1.29 is 0 Å². The fourth-order valence-corrected chi connectivity index (χ4v) is 3.25. The lowest BCUT2D eigenvalue weighted by atomic mass is 10.0. The average Bonchev–Trinajstić information content (AvgIpc) is 2.87. The molecule has 0 aliphatic carbocycles. The summed E-state index contributed by atoms with van der Waals surface area (Å²) in [6.45, 7) is 8.28. The predicted octanol–water partition coefficient (Wildman–Crippen LogP) is 1.23. The molecule has 0 saturated carbocycles. The number of rotatable bonds is 1. The summed E-state index contributed by atoms with van der Waals surface area (Å²) < 4.78 is 0. The van der Waals surface area contributed by atoms with Crippen molar-refractivity contribution in [3.05, 3.63) is 23.0 Å². The van der Waals surface area contributed by atoms with E-state index in [-0.39, 0.29) is 0 Å². The molecule has 2 unspecified atom stereocenters. The Balaban J connectivity index is 1.95. The molecule has 1 N–H and O–H groups in total. The molecule has 0 spiro atoms. The first-order valence-electron chi connectivity index (χ1n) is 6.53. The molecule has 2 aliphatic rings. The first-order chi connectivity index (χ1) is 8.69. The molecule has 1 aromatic rings. The van der Waals surface area contributed by atoms with Crippen LogP contribution in [0.25, 0.3) is 0 Å². The van der Waals surface area contributed by atoms with Gasteiger partial charge in [0.25, 0.3) is 0 Å². The van der Waals surface area contributed by atoms with Gasteiger partial charge in [-0.2, -0.15) is 5.26 Å². The van der Waals surface area contributed by atoms with Crippen LogP contribution >= 0.6 is 0 Å². The van der Waals surface area contributed by atoms with E-state index in [1.54, 1.807) is 0 Å². The maximum Gasteiger partial charge on any atom is 0.103 e. The summed E-state index contributed by atoms with van der Waals surface area (Å²) in [6.07, 6.45) is 0. The van der Waals surface area contributed by atoms with Crippen LogP contribution in [0.5, 0.6) is 0 Å². The molecular weight excluding hydrogens is 224 g/mol. The number of fused-ring (bicyclic) bond motifs is 1. The highest BCUT2D eigenvalue weighted by molar-refractivity contribution is 5.62. The molecule has 94 valence electrons. The van der Waals surface area contributed by atoms with Crippen molar-refractivity contribution in [3.63, 3.8) is 0 Å². The molecule has 1 aromatic heterocycles. The van der Waals surface area contributed by atoms with Crippen molar-refractivity contribution in [2.45, 2.75) is 13.8 Å². The quantitative estimate of drug-likeness (QED) is 0.804. The lowest BCUT2D eigenvalue weighted by molar-refractivity contribution is 0.533. The fraction of sp³-hybridized carbons (Fsp3) is 0.571. The number of anilines is 1. The average molecular weight is 242 g/mol. The summed E-state index contributed by atoms with van der Waals surface area (Å²) in [7, 11) is 0. The summed E-state index contributed by atoms with van der Waals surface area (Å²) in [5.74, 6) is 1.48. The predicted molar refractivity (Wildman–Crippen MR) is 70.5 cm³/mol. The highest BCUT2D eigenvalue weighted by Crippen LogP contribution is 2.33. The number of nitrogens with zero attached hydrogens (tertiary/aromatic N) is 3. The molecule has 0 radical (unpaired) electrons. The lowest BCUT2D eigenvalue weighted by Crippen LogP contribution is -2.26. The van der Waals surface area contributed by atoms with E-state index in [1.807, 2.05) is 13.8 Å². The zero-order chi connectivity index (χ0) is 12.7. The Bertz CT molecular complexity index is 505. The van der Waals surface area contributed by atoms with Gasteiger partial charge >= 0.3 is 0 Å². The molecule has 0 bridgehead atoms. The molecule has 3 heterocycles. The molecule has 2 saturated heterocycles. The number of pyridine rings is 1. The van der Waals surface area contributed by atoms with Crippen LogP contribution in [0, 0.1) is 37.0 Å².